The van der Waals surface area contributed by atoms with Crippen LogP contribution in [0, 0.1) is 0 Å². The fraction of sp³-hybridized carbons (Fsp3) is 0.0625. The zero-order valence-corrected chi connectivity index (χ0v) is 13.6. The molecule has 0 N–H and O–H groups in total. The van der Waals surface area contributed by atoms with Crippen molar-refractivity contribution in [3.8, 4) is 16.5 Å². The van der Waals surface area contributed by atoms with Gasteiger partial charge in [-0.05, 0) is 40.1 Å². The van der Waals surface area contributed by atoms with Gasteiger partial charge in [-0.3, -0.25) is 0 Å². The number of carbonyl (C=O) groups excluding carboxylic acids is 1. The molecule has 9 heteroatoms. The molecule has 0 fully saturated rings. The molecule has 0 aliphatic carbocycles. The maximum Gasteiger partial charge on any atom is 0.338 e. The summed E-state index contributed by atoms with van der Waals surface area (Å²) in [6, 6.07) is 10.7. The van der Waals surface area contributed by atoms with Crippen LogP contribution in [0.1, 0.15) is 16.1 Å². The number of benzene rings is 1. The van der Waals surface area contributed by atoms with Crippen LogP contribution in [0.4, 0.5) is 0 Å². The Balaban J connectivity index is 1.43. The lowest BCUT2D eigenvalue weighted by Crippen LogP contribution is -2.06. The van der Waals surface area contributed by atoms with Crippen molar-refractivity contribution in [2.45, 2.75) is 6.61 Å². The predicted octanol–water partition coefficient (Wildman–Crippen LogP) is 2.74. The molecule has 25 heavy (non-hydrogen) atoms. The molecule has 0 unspecified atom stereocenters. The van der Waals surface area contributed by atoms with Gasteiger partial charge < -0.3 is 9.15 Å². The molecule has 0 aliphatic rings. The second kappa shape index (κ2) is 6.65. The van der Waals surface area contributed by atoms with Gasteiger partial charge in [0.25, 0.3) is 0 Å². The van der Waals surface area contributed by atoms with Gasteiger partial charge in [0.05, 0.1) is 16.1 Å². The van der Waals surface area contributed by atoms with Gasteiger partial charge in [0.15, 0.2) is 0 Å². The third kappa shape index (κ3) is 3.31. The first kappa shape index (κ1) is 15.2. The Morgan fingerprint density at radius 3 is 3.04 bits per heavy atom. The number of carbonyl (C=O) groups is 1. The van der Waals surface area contributed by atoms with E-state index in [1.807, 2.05) is 17.5 Å². The standard InChI is InChI=1S/C16H11N5O3S/c22-16(11-3-1-4-13(7-11)21-10-17-19-20-21)24-9-12-8-23-15(18-12)14-5-2-6-25-14/h1-8,10H,9H2. The molecule has 4 rings (SSSR count). The Hall–Kier alpha value is -3.33. The fourth-order valence-electron chi connectivity index (χ4n) is 2.16. The smallest absolute Gasteiger partial charge is 0.338 e. The number of oxazole rings is 1. The van der Waals surface area contributed by atoms with E-state index >= 15 is 0 Å². The van der Waals surface area contributed by atoms with E-state index in [2.05, 4.69) is 20.5 Å². The van der Waals surface area contributed by atoms with Gasteiger partial charge in [0.2, 0.25) is 5.89 Å². The molecule has 3 aromatic heterocycles. The summed E-state index contributed by atoms with van der Waals surface area (Å²) in [7, 11) is 0. The fourth-order valence-corrected chi connectivity index (χ4v) is 2.82. The summed E-state index contributed by atoms with van der Waals surface area (Å²) in [5.41, 5.74) is 1.62. The summed E-state index contributed by atoms with van der Waals surface area (Å²) in [6.07, 6.45) is 2.94. The van der Waals surface area contributed by atoms with Crippen molar-refractivity contribution in [3.05, 3.63) is 65.6 Å². The van der Waals surface area contributed by atoms with Crippen molar-refractivity contribution in [1.29, 1.82) is 0 Å². The van der Waals surface area contributed by atoms with Crippen LogP contribution in [0.3, 0.4) is 0 Å². The molecule has 124 valence electrons. The van der Waals surface area contributed by atoms with Crippen LogP contribution in [0.15, 0.2) is 58.8 Å². The number of thiophene rings is 1. The van der Waals surface area contributed by atoms with Crippen molar-refractivity contribution in [2.75, 3.05) is 0 Å². The number of esters is 1. The minimum Gasteiger partial charge on any atom is -0.455 e. The number of rotatable bonds is 5. The van der Waals surface area contributed by atoms with Crippen LogP contribution in [0.25, 0.3) is 16.5 Å². The summed E-state index contributed by atoms with van der Waals surface area (Å²) < 4.78 is 12.2. The lowest BCUT2D eigenvalue weighted by atomic mass is 10.2. The lowest BCUT2D eigenvalue weighted by molar-refractivity contribution is 0.0467. The zero-order valence-electron chi connectivity index (χ0n) is 12.8. The van der Waals surface area contributed by atoms with Gasteiger partial charge >= 0.3 is 5.97 Å². The second-order valence-electron chi connectivity index (χ2n) is 5.00. The molecule has 0 radical (unpaired) electrons. The summed E-state index contributed by atoms with van der Waals surface area (Å²) in [4.78, 5) is 17.5. The number of ether oxygens (including phenoxy) is 1. The number of hydrogen-bond acceptors (Lipinski definition) is 8. The van der Waals surface area contributed by atoms with Crippen LogP contribution >= 0.6 is 11.3 Å². The van der Waals surface area contributed by atoms with Gasteiger partial charge in [-0.25, -0.2) is 14.5 Å². The minimum atomic E-state index is -0.462. The molecule has 0 atom stereocenters. The molecule has 3 heterocycles. The predicted molar refractivity (Wildman–Crippen MR) is 88.1 cm³/mol. The van der Waals surface area contributed by atoms with E-state index in [0.29, 0.717) is 22.8 Å². The molecule has 0 amide bonds. The van der Waals surface area contributed by atoms with Crippen LogP contribution in [-0.4, -0.2) is 31.2 Å². The molecule has 1 aromatic carbocycles. The van der Waals surface area contributed by atoms with Crippen molar-refractivity contribution in [1.82, 2.24) is 25.2 Å². The van der Waals surface area contributed by atoms with Crippen molar-refractivity contribution < 1.29 is 13.9 Å². The highest BCUT2D eigenvalue weighted by Gasteiger charge is 2.12. The van der Waals surface area contributed by atoms with Crippen molar-refractivity contribution in [3.63, 3.8) is 0 Å². The van der Waals surface area contributed by atoms with Gasteiger partial charge in [-0.1, -0.05) is 12.1 Å². The van der Waals surface area contributed by atoms with Gasteiger partial charge in [-0.2, -0.15) is 0 Å². The third-order valence-electron chi connectivity index (χ3n) is 3.33. The molecule has 0 spiro atoms. The highest BCUT2D eigenvalue weighted by molar-refractivity contribution is 7.13. The molecule has 0 saturated carbocycles. The maximum atomic E-state index is 12.2. The first-order chi connectivity index (χ1) is 12.3. The molecule has 0 saturated heterocycles. The summed E-state index contributed by atoms with van der Waals surface area (Å²) >= 11 is 1.53. The number of tetrazole rings is 1. The van der Waals surface area contributed by atoms with Crippen molar-refractivity contribution in [2.24, 2.45) is 0 Å². The summed E-state index contributed by atoms with van der Waals surface area (Å²) in [5.74, 6) is 0.0531. The molecular weight excluding hydrogens is 342 g/mol. The van der Waals surface area contributed by atoms with Gasteiger partial charge in [0.1, 0.15) is 24.9 Å². The molecule has 8 nitrogen and oxygen atoms in total. The van der Waals surface area contributed by atoms with Crippen LogP contribution in [0.2, 0.25) is 0 Å². The van der Waals surface area contributed by atoms with Crippen LogP contribution < -0.4 is 0 Å². The summed E-state index contributed by atoms with van der Waals surface area (Å²) in [5, 5.41) is 12.9. The van der Waals surface area contributed by atoms with E-state index in [0.717, 1.165) is 4.88 Å². The van der Waals surface area contributed by atoms with Crippen molar-refractivity contribution >= 4 is 17.3 Å². The van der Waals surface area contributed by atoms with E-state index in [1.54, 1.807) is 24.3 Å². The van der Waals surface area contributed by atoms with Gasteiger partial charge in [0, 0.05) is 0 Å². The van der Waals surface area contributed by atoms with Crippen LogP contribution in [-0.2, 0) is 11.3 Å². The van der Waals surface area contributed by atoms with E-state index in [1.165, 1.54) is 28.6 Å². The molecule has 0 bridgehead atoms. The van der Waals surface area contributed by atoms with E-state index in [-0.39, 0.29) is 6.61 Å². The Labute approximate surface area is 145 Å². The topological polar surface area (TPSA) is 95.9 Å². The van der Waals surface area contributed by atoms with Gasteiger partial charge in [-0.15, -0.1) is 16.4 Å². The number of aromatic nitrogens is 5. The average molecular weight is 353 g/mol. The SMILES string of the molecule is O=C(OCc1coc(-c2cccs2)n1)c1cccc(-n2cnnn2)c1. The monoisotopic (exact) mass is 353 g/mol. The number of nitrogens with zero attached hydrogens (tertiary/aromatic N) is 5. The Morgan fingerprint density at radius 2 is 2.24 bits per heavy atom. The molecule has 0 aliphatic heterocycles. The Morgan fingerprint density at radius 1 is 1.28 bits per heavy atom. The van der Waals surface area contributed by atoms with E-state index < -0.39 is 5.97 Å². The largest absolute Gasteiger partial charge is 0.455 e. The molecule has 4 aromatic rings. The first-order valence-electron chi connectivity index (χ1n) is 7.28. The zero-order chi connectivity index (χ0) is 17.1. The van der Waals surface area contributed by atoms with Crippen LogP contribution in [0.5, 0.6) is 0 Å². The lowest BCUT2D eigenvalue weighted by Gasteiger charge is -2.04. The first-order valence-corrected chi connectivity index (χ1v) is 8.16. The second-order valence-corrected chi connectivity index (χ2v) is 5.95. The highest BCUT2D eigenvalue weighted by Crippen LogP contribution is 2.23. The third-order valence-corrected chi connectivity index (χ3v) is 4.19. The highest BCUT2D eigenvalue weighted by atomic mass is 32.1. The normalized spacial score (nSPS) is 10.7. The quantitative estimate of drug-likeness (QED) is 0.509. The Bertz CT molecular complexity index is 979. The summed E-state index contributed by atoms with van der Waals surface area (Å²) in [6.45, 7) is 0.0306. The number of hydrogen-bond donors (Lipinski definition) is 0. The van der Waals surface area contributed by atoms with E-state index in [4.69, 9.17) is 9.15 Å². The molecular formula is C16H11N5O3S. The Kier molecular flexibility index (Phi) is 4.05. The average Bonchev–Trinajstić information content (AvgIpc) is 3.42. The van der Waals surface area contributed by atoms with E-state index in [9.17, 15) is 4.79 Å². The maximum absolute atomic E-state index is 12.2. The minimum absolute atomic E-state index is 0.0306.